The molecule has 0 bridgehead atoms. The van der Waals surface area contributed by atoms with E-state index < -0.39 is 4.32 Å². The van der Waals surface area contributed by atoms with Crippen molar-refractivity contribution in [3.8, 4) is 0 Å². The van der Waals surface area contributed by atoms with Crippen molar-refractivity contribution in [2.24, 2.45) is 0 Å². The van der Waals surface area contributed by atoms with E-state index in [1.54, 1.807) is 20.5 Å². The van der Waals surface area contributed by atoms with Crippen LogP contribution in [0, 0.1) is 6.61 Å². The van der Waals surface area contributed by atoms with Gasteiger partial charge in [-0.2, -0.15) is 0 Å². The van der Waals surface area contributed by atoms with Gasteiger partial charge < -0.3 is 4.74 Å². The van der Waals surface area contributed by atoms with Gasteiger partial charge in [-0.1, -0.05) is 29.3 Å². The fourth-order valence-electron chi connectivity index (χ4n) is 0.393. The van der Waals surface area contributed by atoms with Crippen LogP contribution in [0.5, 0.6) is 0 Å². The zero-order valence-corrected chi connectivity index (χ0v) is 8.77. The number of esters is 1. The fraction of sp³-hybridized carbons (Fsp3) is 0.750. The maximum atomic E-state index is 11.0. The third-order valence-electron chi connectivity index (χ3n) is 1.08. The minimum absolute atomic E-state index is 0.244. The molecular formula is C8H14BrO2. The summed E-state index contributed by atoms with van der Waals surface area (Å²) in [5, 5.41) is 0. The summed E-state index contributed by atoms with van der Waals surface area (Å²) >= 11 is 3.20. The SMILES string of the molecule is CCC[CH]OC(=O)C(C)(C)Br. The number of alkyl halides is 1. The molecule has 0 aliphatic rings. The molecule has 2 nitrogen and oxygen atoms in total. The third-order valence-corrected chi connectivity index (χ3v) is 1.41. The molecule has 0 saturated heterocycles. The lowest BCUT2D eigenvalue weighted by atomic mass is 10.2. The average molecular weight is 222 g/mol. The highest BCUT2D eigenvalue weighted by atomic mass is 79.9. The minimum atomic E-state index is -0.572. The van der Waals surface area contributed by atoms with Gasteiger partial charge in [0.15, 0.2) is 0 Å². The van der Waals surface area contributed by atoms with Gasteiger partial charge in [-0.25, -0.2) is 0 Å². The topological polar surface area (TPSA) is 26.3 Å². The van der Waals surface area contributed by atoms with E-state index >= 15 is 0 Å². The van der Waals surface area contributed by atoms with Gasteiger partial charge in [0.05, 0.1) is 0 Å². The van der Waals surface area contributed by atoms with E-state index in [1.165, 1.54) is 0 Å². The maximum Gasteiger partial charge on any atom is 0.322 e. The number of rotatable bonds is 4. The highest BCUT2D eigenvalue weighted by Gasteiger charge is 2.24. The Labute approximate surface area is 76.4 Å². The van der Waals surface area contributed by atoms with E-state index in [4.69, 9.17) is 4.74 Å². The van der Waals surface area contributed by atoms with Crippen molar-refractivity contribution in [1.29, 1.82) is 0 Å². The quantitative estimate of drug-likeness (QED) is 0.415. The van der Waals surface area contributed by atoms with Crippen LogP contribution in [0.25, 0.3) is 0 Å². The van der Waals surface area contributed by atoms with Crippen LogP contribution >= 0.6 is 15.9 Å². The Balaban J connectivity index is 3.54. The molecule has 0 saturated carbocycles. The Morgan fingerprint density at radius 2 is 2.18 bits per heavy atom. The molecule has 0 aromatic carbocycles. The molecule has 0 fully saturated rings. The highest BCUT2D eigenvalue weighted by molar-refractivity contribution is 9.10. The number of ether oxygens (including phenoxy) is 1. The van der Waals surface area contributed by atoms with E-state index in [2.05, 4.69) is 15.9 Å². The minimum Gasteiger partial charge on any atom is -0.457 e. The van der Waals surface area contributed by atoms with Gasteiger partial charge in [-0.05, 0) is 20.3 Å². The van der Waals surface area contributed by atoms with Gasteiger partial charge in [0.25, 0.3) is 0 Å². The maximum absolute atomic E-state index is 11.0. The van der Waals surface area contributed by atoms with Crippen molar-refractivity contribution in [2.45, 2.75) is 37.9 Å². The summed E-state index contributed by atoms with van der Waals surface area (Å²) in [6, 6.07) is 0. The first-order valence-corrected chi connectivity index (χ1v) is 4.49. The Morgan fingerprint density at radius 3 is 2.55 bits per heavy atom. The molecule has 0 aliphatic heterocycles. The van der Waals surface area contributed by atoms with Crippen LogP contribution in [0.2, 0.25) is 0 Å². The van der Waals surface area contributed by atoms with Gasteiger partial charge in [0.2, 0.25) is 0 Å². The largest absolute Gasteiger partial charge is 0.457 e. The van der Waals surface area contributed by atoms with Gasteiger partial charge >= 0.3 is 5.97 Å². The van der Waals surface area contributed by atoms with Crippen LogP contribution in [0.4, 0.5) is 0 Å². The first-order chi connectivity index (χ1) is 4.98. The normalized spacial score (nSPS) is 11.3. The first kappa shape index (κ1) is 11.0. The molecular weight excluding hydrogens is 208 g/mol. The number of unbranched alkanes of at least 4 members (excludes halogenated alkanes) is 1. The van der Waals surface area contributed by atoms with Gasteiger partial charge in [-0.15, -0.1) is 0 Å². The predicted octanol–water partition coefficient (Wildman–Crippen LogP) is 2.66. The molecule has 1 radical (unpaired) electrons. The van der Waals surface area contributed by atoms with Crippen molar-refractivity contribution in [2.75, 3.05) is 0 Å². The van der Waals surface area contributed by atoms with Gasteiger partial charge in [0, 0.05) is 0 Å². The summed E-state index contributed by atoms with van der Waals surface area (Å²) in [4.78, 5) is 11.0. The summed E-state index contributed by atoms with van der Waals surface area (Å²) in [7, 11) is 0. The van der Waals surface area contributed by atoms with Crippen LogP contribution in [-0.4, -0.2) is 10.3 Å². The molecule has 11 heavy (non-hydrogen) atoms. The number of carbonyl (C=O) groups excluding carboxylic acids is 1. The smallest absolute Gasteiger partial charge is 0.322 e. The second-order valence-corrected chi connectivity index (χ2v) is 4.82. The molecule has 0 atom stereocenters. The van der Waals surface area contributed by atoms with Crippen molar-refractivity contribution in [1.82, 2.24) is 0 Å². The summed E-state index contributed by atoms with van der Waals surface area (Å²) in [5.41, 5.74) is 0. The molecule has 0 amide bonds. The molecule has 0 unspecified atom stereocenters. The zero-order valence-electron chi connectivity index (χ0n) is 7.19. The van der Waals surface area contributed by atoms with Crippen LogP contribution in [0.1, 0.15) is 33.6 Å². The van der Waals surface area contributed by atoms with Crippen LogP contribution < -0.4 is 0 Å². The average Bonchev–Trinajstić information content (AvgIpc) is 1.86. The third kappa shape index (κ3) is 5.24. The van der Waals surface area contributed by atoms with Crippen molar-refractivity contribution >= 4 is 21.9 Å². The lowest BCUT2D eigenvalue weighted by molar-refractivity contribution is -0.142. The standard InChI is InChI=1S/C8H14BrO2/c1-4-5-6-11-7(10)8(2,3)9/h6H,4-5H2,1-3H3. The summed E-state index contributed by atoms with van der Waals surface area (Å²) in [5.74, 6) is -0.244. The molecule has 0 rings (SSSR count). The second kappa shape index (κ2) is 4.75. The summed E-state index contributed by atoms with van der Waals surface area (Å²) in [6.45, 7) is 7.10. The van der Waals surface area contributed by atoms with Crippen molar-refractivity contribution < 1.29 is 9.53 Å². The second-order valence-electron chi connectivity index (χ2n) is 2.83. The number of halogens is 1. The number of hydrogen-bond donors (Lipinski definition) is 0. The van der Waals surface area contributed by atoms with Gasteiger partial charge in [-0.3, -0.25) is 4.79 Å². The molecule has 65 valence electrons. The summed E-state index contributed by atoms with van der Waals surface area (Å²) < 4.78 is 4.26. The number of carbonyl (C=O) groups is 1. The van der Waals surface area contributed by atoms with E-state index in [0.717, 1.165) is 12.8 Å². The number of hydrogen-bond acceptors (Lipinski definition) is 2. The molecule has 0 heterocycles. The lowest BCUT2D eigenvalue weighted by Crippen LogP contribution is -2.25. The zero-order chi connectivity index (χ0) is 8.91. The monoisotopic (exact) mass is 221 g/mol. The molecule has 0 spiro atoms. The lowest BCUT2D eigenvalue weighted by Gasteiger charge is -2.13. The first-order valence-electron chi connectivity index (χ1n) is 3.70. The highest BCUT2D eigenvalue weighted by Crippen LogP contribution is 2.18. The summed E-state index contributed by atoms with van der Waals surface area (Å²) in [6.07, 6.45) is 1.81. The Hall–Kier alpha value is -0.0500. The molecule has 0 aromatic rings. The van der Waals surface area contributed by atoms with E-state index in [-0.39, 0.29) is 5.97 Å². The van der Waals surface area contributed by atoms with E-state index in [0.29, 0.717) is 0 Å². The fourth-order valence-corrected chi connectivity index (χ4v) is 0.486. The van der Waals surface area contributed by atoms with Crippen LogP contribution in [0.3, 0.4) is 0 Å². The van der Waals surface area contributed by atoms with E-state index in [9.17, 15) is 4.79 Å². The molecule has 3 heteroatoms. The molecule has 0 aliphatic carbocycles. The van der Waals surface area contributed by atoms with Crippen molar-refractivity contribution in [3.05, 3.63) is 6.61 Å². The van der Waals surface area contributed by atoms with Gasteiger partial charge in [0.1, 0.15) is 10.9 Å². The van der Waals surface area contributed by atoms with Crippen molar-refractivity contribution in [3.63, 3.8) is 0 Å². The Morgan fingerprint density at radius 1 is 1.64 bits per heavy atom. The van der Waals surface area contributed by atoms with Crippen LogP contribution in [0.15, 0.2) is 0 Å². The molecule has 0 aromatic heterocycles. The molecule has 0 N–H and O–H groups in total. The van der Waals surface area contributed by atoms with E-state index in [1.807, 2.05) is 6.92 Å². The Bertz CT molecular complexity index is 127. The predicted molar refractivity (Wildman–Crippen MR) is 48.3 cm³/mol. The Kier molecular flexibility index (Phi) is 4.73. The van der Waals surface area contributed by atoms with Crippen LogP contribution in [-0.2, 0) is 9.53 Å².